The predicted molar refractivity (Wildman–Crippen MR) is 77.7 cm³/mol. The molecule has 1 fully saturated rings. The van der Waals surface area contributed by atoms with Gasteiger partial charge in [0.2, 0.25) is 10.0 Å². The van der Waals surface area contributed by atoms with Gasteiger partial charge >= 0.3 is 0 Å². The first-order valence-electron chi connectivity index (χ1n) is 6.86. The highest BCUT2D eigenvalue weighted by molar-refractivity contribution is 7.89. The number of benzene rings is 1. The van der Waals surface area contributed by atoms with Gasteiger partial charge in [-0.2, -0.15) is 4.31 Å². The van der Waals surface area contributed by atoms with Crippen molar-refractivity contribution in [2.45, 2.75) is 36.8 Å². The lowest BCUT2D eigenvalue weighted by Gasteiger charge is -2.38. The monoisotopic (exact) mass is 316 g/mol. The Morgan fingerprint density at radius 2 is 2.19 bits per heavy atom. The Balaban J connectivity index is 2.34. The molecule has 1 atom stereocenters. The van der Waals surface area contributed by atoms with Crippen molar-refractivity contribution in [1.82, 2.24) is 4.31 Å². The van der Waals surface area contributed by atoms with E-state index in [0.717, 1.165) is 6.42 Å². The molecule has 118 valence electrons. The second-order valence-corrected chi connectivity index (χ2v) is 7.47. The summed E-state index contributed by atoms with van der Waals surface area (Å²) < 4.78 is 46.0. The molecule has 2 N–H and O–H groups in total. The minimum absolute atomic E-state index is 0.169. The van der Waals surface area contributed by atoms with Crippen molar-refractivity contribution in [3.63, 3.8) is 0 Å². The molecule has 0 aromatic heterocycles. The van der Waals surface area contributed by atoms with Crippen LogP contribution in [-0.2, 0) is 21.3 Å². The van der Waals surface area contributed by atoms with Gasteiger partial charge in [-0.1, -0.05) is 6.07 Å². The van der Waals surface area contributed by atoms with Crippen LogP contribution >= 0.6 is 0 Å². The summed E-state index contributed by atoms with van der Waals surface area (Å²) in [4.78, 5) is -0.306. The van der Waals surface area contributed by atoms with E-state index in [-0.39, 0.29) is 18.0 Å². The molecule has 0 bridgehead atoms. The fraction of sp³-hybridized carbons (Fsp3) is 0.571. The molecule has 1 aliphatic rings. The third-order valence-electron chi connectivity index (χ3n) is 3.97. The highest BCUT2D eigenvalue weighted by atomic mass is 32.2. The van der Waals surface area contributed by atoms with Crippen molar-refractivity contribution in [3.05, 3.63) is 29.6 Å². The van der Waals surface area contributed by atoms with Crippen LogP contribution in [0.2, 0.25) is 0 Å². The highest BCUT2D eigenvalue weighted by Gasteiger charge is 2.38. The quantitative estimate of drug-likeness (QED) is 0.913. The molecule has 1 heterocycles. The van der Waals surface area contributed by atoms with Crippen LogP contribution < -0.4 is 5.73 Å². The standard InChI is InChI=1S/C14H21FN2O3S/c1-14(20-2)6-3-7-17(10-14)21(18,19)13-5-4-11(9-16)8-12(13)15/h4-5,8H,3,6-7,9-10,16H2,1-2H3. The van der Waals surface area contributed by atoms with Gasteiger partial charge in [-0.25, -0.2) is 12.8 Å². The molecule has 1 unspecified atom stereocenters. The lowest BCUT2D eigenvalue weighted by molar-refractivity contribution is -0.0319. The zero-order valence-corrected chi connectivity index (χ0v) is 13.1. The number of sulfonamides is 1. The summed E-state index contributed by atoms with van der Waals surface area (Å²) in [7, 11) is -2.30. The van der Waals surface area contributed by atoms with Crippen molar-refractivity contribution in [3.8, 4) is 0 Å². The third-order valence-corrected chi connectivity index (χ3v) is 5.84. The van der Waals surface area contributed by atoms with Gasteiger partial charge in [-0.3, -0.25) is 0 Å². The van der Waals surface area contributed by atoms with Gasteiger partial charge in [0, 0.05) is 26.7 Å². The van der Waals surface area contributed by atoms with Crippen molar-refractivity contribution in [2.75, 3.05) is 20.2 Å². The summed E-state index contributed by atoms with van der Waals surface area (Å²) in [5.74, 6) is -0.761. The lowest BCUT2D eigenvalue weighted by atomic mass is 9.96. The van der Waals surface area contributed by atoms with Gasteiger partial charge in [0.15, 0.2) is 0 Å². The van der Waals surface area contributed by atoms with E-state index in [1.54, 1.807) is 7.11 Å². The highest BCUT2D eigenvalue weighted by Crippen LogP contribution is 2.29. The van der Waals surface area contributed by atoms with Crippen LogP contribution in [0.25, 0.3) is 0 Å². The van der Waals surface area contributed by atoms with Crippen LogP contribution in [0.5, 0.6) is 0 Å². The molecule has 1 saturated heterocycles. The van der Waals surface area contributed by atoms with Crippen molar-refractivity contribution in [1.29, 1.82) is 0 Å². The van der Waals surface area contributed by atoms with E-state index in [4.69, 9.17) is 10.5 Å². The first-order chi connectivity index (χ1) is 9.82. The predicted octanol–water partition coefficient (Wildman–Crippen LogP) is 1.47. The van der Waals surface area contributed by atoms with Crippen LogP contribution in [0.1, 0.15) is 25.3 Å². The largest absolute Gasteiger partial charge is 0.377 e. The number of hydrogen-bond donors (Lipinski definition) is 1. The van der Waals surface area contributed by atoms with E-state index in [2.05, 4.69) is 0 Å². The summed E-state index contributed by atoms with van der Waals surface area (Å²) in [5, 5.41) is 0. The minimum atomic E-state index is -3.86. The summed E-state index contributed by atoms with van der Waals surface area (Å²) in [5.41, 5.74) is 5.46. The normalized spacial score (nSPS) is 24.2. The molecule has 2 rings (SSSR count). The number of nitrogens with two attached hydrogens (primary N) is 1. The Labute approximate surface area is 124 Å². The molecule has 0 amide bonds. The lowest BCUT2D eigenvalue weighted by Crippen LogP contribution is -2.49. The Bertz CT molecular complexity index is 621. The van der Waals surface area contributed by atoms with Gasteiger partial charge in [0.25, 0.3) is 0 Å². The van der Waals surface area contributed by atoms with E-state index in [9.17, 15) is 12.8 Å². The minimum Gasteiger partial charge on any atom is -0.377 e. The SMILES string of the molecule is COC1(C)CCCN(S(=O)(=O)c2ccc(CN)cc2F)C1. The summed E-state index contributed by atoms with van der Waals surface area (Å²) >= 11 is 0. The van der Waals surface area contributed by atoms with E-state index in [1.807, 2.05) is 6.92 Å². The second-order valence-electron chi connectivity index (χ2n) is 5.57. The molecule has 0 spiro atoms. The molecule has 0 aliphatic carbocycles. The Kier molecular flexibility index (Phi) is 4.67. The molecule has 7 heteroatoms. The first kappa shape index (κ1) is 16.4. The van der Waals surface area contributed by atoms with Crippen LogP contribution in [-0.4, -0.2) is 38.5 Å². The van der Waals surface area contributed by atoms with Gasteiger partial charge in [0.1, 0.15) is 10.7 Å². The smallest absolute Gasteiger partial charge is 0.246 e. The number of halogens is 1. The van der Waals surface area contributed by atoms with Crippen LogP contribution in [0, 0.1) is 5.82 Å². The van der Waals surface area contributed by atoms with Gasteiger partial charge in [-0.15, -0.1) is 0 Å². The van der Waals surface area contributed by atoms with E-state index in [1.165, 1.54) is 22.5 Å². The Morgan fingerprint density at radius 3 is 2.76 bits per heavy atom. The van der Waals surface area contributed by atoms with Gasteiger partial charge < -0.3 is 10.5 Å². The second kappa shape index (κ2) is 6.00. The maximum atomic E-state index is 14.1. The van der Waals surface area contributed by atoms with Gasteiger partial charge in [-0.05, 0) is 37.5 Å². The number of nitrogens with zero attached hydrogens (tertiary/aromatic N) is 1. The number of piperidine rings is 1. The number of rotatable bonds is 4. The first-order valence-corrected chi connectivity index (χ1v) is 8.30. The topological polar surface area (TPSA) is 72.6 Å². The fourth-order valence-corrected chi connectivity index (χ4v) is 4.19. The van der Waals surface area contributed by atoms with Crippen molar-refractivity contribution < 1.29 is 17.5 Å². The van der Waals surface area contributed by atoms with E-state index in [0.29, 0.717) is 18.5 Å². The van der Waals surface area contributed by atoms with Crippen molar-refractivity contribution in [2.24, 2.45) is 5.73 Å². The fourth-order valence-electron chi connectivity index (χ4n) is 2.55. The summed E-state index contributed by atoms with van der Waals surface area (Å²) in [6, 6.07) is 3.99. The van der Waals surface area contributed by atoms with Crippen LogP contribution in [0.15, 0.2) is 23.1 Å². The van der Waals surface area contributed by atoms with E-state index < -0.39 is 21.4 Å². The molecule has 1 aromatic carbocycles. The number of ether oxygens (including phenoxy) is 1. The molecule has 0 saturated carbocycles. The van der Waals surface area contributed by atoms with Crippen molar-refractivity contribution >= 4 is 10.0 Å². The van der Waals surface area contributed by atoms with E-state index >= 15 is 0 Å². The molecule has 1 aliphatic heterocycles. The zero-order chi connectivity index (χ0) is 15.7. The third kappa shape index (κ3) is 3.26. The average Bonchev–Trinajstić information content (AvgIpc) is 2.46. The number of hydrogen-bond acceptors (Lipinski definition) is 4. The number of methoxy groups -OCH3 is 1. The Morgan fingerprint density at radius 1 is 1.48 bits per heavy atom. The van der Waals surface area contributed by atoms with Crippen LogP contribution in [0.4, 0.5) is 4.39 Å². The average molecular weight is 316 g/mol. The summed E-state index contributed by atoms with van der Waals surface area (Å²) in [6.07, 6.45) is 1.47. The molecule has 5 nitrogen and oxygen atoms in total. The zero-order valence-electron chi connectivity index (χ0n) is 12.3. The van der Waals surface area contributed by atoms with Crippen LogP contribution in [0.3, 0.4) is 0 Å². The molecule has 0 radical (unpaired) electrons. The molecule has 1 aromatic rings. The maximum Gasteiger partial charge on any atom is 0.246 e. The van der Waals surface area contributed by atoms with Gasteiger partial charge in [0.05, 0.1) is 5.60 Å². The molecular formula is C14H21FN2O3S. The molecular weight excluding hydrogens is 295 g/mol. The maximum absolute atomic E-state index is 14.1. The summed E-state index contributed by atoms with van der Waals surface area (Å²) in [6.45, 7) is 2.63. The Hall–Kier alpha value is -1.02. The molecule has 21 heavy (non-hydrogen) atoms.